The zero-order chi connectivity index (χ0) is 16.2. The summed E-state index contributed by atoms with van der Waals surface area (Å²) in [6, 6.07) is 6.52. The lowest BCUT2D eigenvalue weighted by Crippen LogP contribution is -2.43. The van der Waals surface area contributed by atoms with E-state index in [-0.39, 0.29) is 12.6 Å². The van der Waals surface area contributed by atoms with Gasteiger partial charge in [0, 0.05) is 32.4 Å². The molecule has 0 spiro atoms. The Morgan fingerprint density at radius 3 is 2.41 bits per heavy atom. The Morgan fingerprint density at radius 2 is 1.91 bits per heavy atom. The molecule has 0 radical (unpaired) electrons. The fourth-order valence-electron chi connectivity index (χ4n) is 2.54. The van der Waals surface area contributed by atoms with Crippen molar-refractivity contribution in [2.75, 3.05) is 32.4 Å². The van der Waals surface area contributed by atoms with Crippen LogP contribution in [0.2, 0.25) is 0 Å². The predicted molar refractivity (Wildman–Crippen MR) is 84.7 cm³/mol. The Morgan fingerprint density at radius 1 is 1.32 bits per heavy atom. The van der Waals surface area contributed by atoms with Gasteiger partial charge in [0.2, 0.25) is 0 Å². The molecule has 1 aromatic carbocycles. The zero-order valence-electron chi connectivity index (χ0n) is 12.8. The second-order valence-corrected chi connectivity index (χ2v) is 7.77. The van der Waals surface area contributed by atoms with Crippen LogP contribution in [0.25, 0.3) is 0 Å². The van der Waals surface area contributed by atoms with Gasteiger partial charge in [-0.3, -0.25) is 0 Å². The summed E-state index contributed by atoms with van der Waals surface area (Å²) < 4.78 is 28.7. The molecule has 1 aromatic rings. The minimum Gasteiger partial charge on any atom is -0.490 e. The van der Waals surface area contributed by atoms with E-state index in [0.29, 0.717) is 17.2 Å². The number of rotatable bonds is 6. The molecule has 0 aliphatic carbocycles. The van der Waals surface area contributed by atoms with Crippen molar-refractivity contribution in [2.45, 2.75) is 29.9 Å². The van der Waals surface area contributed by atoms with Crippen LogP contribution in [0, 0.1) is 0 Å². The molecular formula is C15H24N2O4S. The molecule has 0 aromatic heterocycles. The first-order valence-electron chi connectivity index (χ1n) is 7.46. The highest BCUT2D eigenvalue weighted by Crippen LogP contribution is 2.21. The van der Waals surface area contributed by atoms with Gasteiger partial charge < -0.3 is 20.5 Å². The number of piperidine rings is 1. The number of β-amino-alcohol motifs (C(OH)–C–C–N with tert-alkyl or cyclic N) is 1. The highest BCUT2D eigenvalue weighted by Gasteiger charge is 2.22. The summed E-state index contributed by atoms with van der Waals surface area (Å²) in [5, 5.41) is 9.56. The van der Waals surface area contributed by atoms with E-state index in [4.69, 9.17) is 10.5 Å². The van der Waals surface area contributed by atoms with Gasteiger partial charge in [0.15, 0.2) is 9.84 Å². The first-order chi connectivity index (χ1) is 10.4. The average Bonchev–Trinajstić information content (AvgIpc) is 2.49. The molecule has 1 atom stereocenters. The quantitative estimate of drug-likeness (QED) is 0.778. The summed E-state index contributed by atoms with van der Waals surface area (Å²) in [4.78, 5) is 2.48. The predicted octanol–water partition coefficient (Wildman–Crippen LogP) is 0.253. The van der Waals surface area contributed by atoms with Crippen molar-refractivity contribution in [3.63, 3.8) is 0 Å². The number of ether oxygens (including phenoxy) is 1. The molecule has 0 saturated carbocycles. The summed E-state index contributed by atoms with van der Waals surface area (Å²) in [7, 11) is -3.17. The lowest BCUT2D eigenvalue weighted by molar-refractivity contribution is 0.0641. The molecule has 0 amide bonds. The molecule has 22 heavy (non-hydrogen) atoms. The minimum atomic E-state index is -3.17. The minimum absolute atomic E-state index is 0.121. The van der Waals surface area contributed by atoms with Gasteiger partial charge in [-0.05, 0) is 37.1 Å². The van der Waals surface area contributed by atoms with Crippen molar-refractivity contribution < 1.29 is 18.3 Å². The van der Waals surface area contributed by atoms with Crippen molar-refractivity contribution in [3.05, 3.63) is 24.3 Å². The number of aliphatic hydroxyl groups is 1. The van der Waals surface area contributed by atoms with Gasteiger partial charge in [-0.2, -0.15) is 0 Å². The van der Waals surface area contributed by atoms with E-state index < -0.39 is 15.9 Å². The van der Waals surface area contributed by atoms with E-state index in [2.05, 4.69) is 4.90 Å². The number of hydrogen-bond donors (Lipinski definition) is 2. The SMILES string of the molecule is CS(=O)(=O)c1ccc(OC2CCN(C[C@H](O)CN)CC2)cc1. The Hall–Kier alpha value is -1.15. The molecule has 124 valence electrons. The molecule has 0 unspecified atom stereocenters. The second kappa shape index (κ2) is 7.41. The Kier molecular flexibility index (Phi) is 5.80. The van der Waals surface area contributed by atoms with Crippen LogP contribution >= 0.6 is 0 Å². The molecule has 1 fully saturated rings. The van der Waals surface area contributed by atoms with Gasteiger partial charge in [0.1, 0.15) is 11.9 Å². The van der Waals surface area contributed by atoms with Crippen molar-refractivity contribution in [3.8, 4) is 5.75 Å². The molecule has 0 bridgehead atoms. The number of hydrogen-bond acceptors (Lipinski definition) is 6. The third kappa shape index (κ3) is 4.95. The van der Waals surface area contributed by atoms with Gasteiger partial charge in [0.05, 0.1) is 11.0 Å². The first-order valence-corrected chi connectivity index (χ1v) is 9.35. The number of benzene rings is 1. The second-order valence-electron chi connectivity index (χ2n) is 5.75. The Labute approximate surface area is 131 Å². The molecule has 1 aliphatic rings. The van der Waals surface area contributed by atoms with E-state index in [1.165, 1.54) is 6.26 Å². The molecule has 1 heterocycles. The first kappa shape index (κ1) is 17.2. The number of likely N-dealkylation sites (tertiary alicyclic amines) is 1. The Bertz CT molecular complexity index is 566. The van der Waals surface area contributed by atoms with Gasteiger partial charge in [-0.15, -0.1) is 0 Å². The lowest BCUT2D eigenvalue weighted by atomic mass is 10.1. The third-order valence-corrected chi connectivity index (χ3v) is 4.96. The van der Waals surface area contributed by atoms with E-state index in [0.717, 1.165) is 25.9 Å². The molecular weight excluding hydrogens is 304 g/mol. The van der Waals surface area contributed by atoms with Crippen LogP contribution in [-0.4, -0.2) is 63.1 Å². The fourth-order valence-corrected chi connectivity index (χ4v) is 3.17. The van der Waals surface area contributed by atoms with E-state index in [1.54, 1.807) is 24.3 Å². The zero-order valence-corrected chi connectivity index (χ0v) is 13.6. The standard InChI is InChI=1S/C15H24N2O4S/c1-22(19,20)15-4-2-13(3-5-15)21-14-6-8-17(9-7-14)11-12(18)10-16/h2-5,12,14,18H,6-11,16H2,1H3/t12-/m1/s1. The molecule has 1 saturated heterocycles. The largest absolute Gasteiger partial charge is 0.490 e. The number of aliphatic hydroxyl groups excluding tert-OH is 1. The molecule has 7 heteroatoms. The van der Waals surface area contributed by atoms with Crippen LogP contribution in [-0.2, 0) is 9.84 Å². The maximum atomic E-state index is 11.4. The summed E-state index contributed by atoms with van der Waals surface area (Å²) in [5.74, 6) is 0.688. The van der Waals surface area contributed by atoms with Crippen LogP contribution in [0.15, 0.2) is 29.2 Å². The van der Waals surface area contributed by atoms with Crippen LogP contribution in [0.4, 0.5) is 0 Å². The van der Waals surface area contributed by atoms with E-state index in [9.17, 15) is 13.5 Å². The molecule has 6 nitrogen and oxygen atoms in total. The summed E-state index contributed by atoms with van der Waals surface area (Å²) >= 11 is 0. The monoisotopic (exact) mass is 328 g/mol. The highest BCUT2D eigenvalue weighted by atomic mass is 32.2. The molecule has 2 rings (SSSR count). The summed E-state index contributed by atoms with van der Waals surface area (Å²) in [6.45, 7) is 2.61. The van der Waals surface area contributed by atoms with Crippen molar-refractivity contribution in [1.82, 2.24) is 4.90 Å². The maximum Gasteiger partial charge on any atom is 0.175 e. The topological polar surface area (TPSA) is 92.9 Å². The van der Waals surface area contributed by atoms with Crippen molar-refractivity contribution >= 4 is 9.84 Å². The Balaban J connectivity index is 1.83. The normalized spacial score (nSPS) is 19.0. The van der Waals surface area contributed by atoms with Gasteiger partial charge in [0.25, 0.3) is 0 Å². The number of nitrogens with two attached hydrogens (primary N) is 1. The van der Waals surface area contributed by atoms with Crippen molar-refractivity contribution in [1.29, 1.82) is 0 Å². The fraction of sp³-hybridized carbons (Fsp3) is 0.600. The molecule has 1 aliphatic heterocycles. The average molecular weight is 328 g/mol. The lowest BCUT2D eigenvalue weighted by Gasteiger charge is -2.33. The smallest absolute Gasteiger partial charge is 0.175 e. The number of sulfone groups is 1. The number of nitrogens with zero attached hydrogens (tertiary/aromatic N) is 1. The van der Waals surface area contributed by atoms with Crippen LogP contribution < -0.4 is 10.5 Å². The van der Waals surface area contributed by atoms with E-state index >= 15 is 0 Å². The summed E-state index contributed by atoms with van der Waals surface area (Å²) in [5.41, 5.74) is 5.42. The van der Waals surface area contributed by atoms with Crippen LogP contribution in [0.1, 0.15) is 12.8 Å². The molecule has 3 N–H and O–H groups in total. The summed E-state index contributed by atoms with van der Waals surface area (Å²) in [6.07, 6.45) is 2.60. The third-order valence-electron chi connectivity index (χ3n) is 3.83. The highest BCUT2D eigenvalue weighted by molar-refractivity contribution is 7.90. The maximum absolute atomic E-state index is 11.4. The van der Waals surface area contributed by atoms with E-state index in [1.807, 2.05) is 0 Å². The van der Waals surface area contributed by atoms with Gasteiger partial charge in [-0.1, -0.05) is 0 Å². The van der Waals surface area contributed by atoms with Crippen LogP contribution in [0.5, 0.6) is 5.75 Å². The van der Waals surface area contributed by atoms with Gasteiger partial charge in [-0.25, -0.2) is 8.42 Å². The van der Waals surface area contributed by atoms with Crippen molar-refractivity contribution in [2.24, 2.45) is 5.73 Å². The van der Waals surface area contributed by atoms with Gasteiger partial charge >= 0.3 is 0 Å². The van der Waals surface area contributed by atoms with Crippen LogP contribution in [0.3, 0.4) is 0 Å².